The zero-order valence-corrected chi connectivity index (χ0v) is 16.1. The smallest absolute Gasteiger partial charge is 0.261 e. The number of nitrogens with zero attached hydrogens (tertiary/aromatic N) is 2. The summed E-state index contributed by atoms with van der Waals surface area (Å²) in [5, 5.41) is 0.892. The number of hydrogen-bond acceptors (Lipinski definition) is 3. The van der Waals surface area contributed by atoms with E-state index in [1.165, 1.54) is 5.57 Å². The number of allylic oxidation sites excluding steroid dienone is 1. The van der Waals surface area contributed by atoms with Crippen molar-refractivity contribution >= 4 is 16.8 Å². The van der Waals surface area contributed by atoms with Crippen molar-refractivity contribution in [3.05, 3.63) is 57.9 Å². The van der Waals surface area contributed by atoms with E-state index < -0.39 is 0 Å². The fourth-order valence-corrected chi connectivity index (χ4v) is 4.34. The number of benzene rings is 1. The van der Waals surface area contributed by atoms with Crippen molar-refractivity contribution in [2.45, 2.75) is 32.7 Å². The van der Waals surface area contributed by atoms with Crippen molar-refractivity contribution in [1.82, 2.24) is 14.8 Å². The molecule has 0 aliphatic carbocycles. The Morgan fingerprint density at radius 1 is 1.19 bits per heavy atom. The van der Waals surface area contributed by atoms with E-state index in [9.17, 15) is 9.59 Å². The summed E-state index contributed by atoms with van der Waals surface area (Å²) in [6, 6.07) is 9.70. The predicted octanol–water partition coefficient (Wildman–Crippen LogP) is 3.03. The first-order valence-electron chi connectivity index (χ1n) is 9.80. The van der Waals surface area contributed by atoms with Crippen LogP contribution in [0.2, 0.25) is 0 Å². The van der Waals surface area contributed by atoms with E-state index in [4.69, 9.17) is 0 Å². The molecule has 2 aromatic rings. The lowest BCUT2D eigenvalue weighted by Crippen LogP contribution is -2.44. The van der Waals surface area contributed by atoms with Gasteiger partial charge in [-0.2, -0.15) is 0 Å². The minimum atomic E-state index is -0.295. The molecule has 3 aliphatic rings. The summed E-state index contributed by atoms with van der Waals surface area (Å²) in [5.41, 5.74) is 2.05. The predicted molar refractivity (Wildman–Crippen MR) is 108 cm³/mol. The maximum atomic E-state index is 13.2. The summed E-state index contributed by atoms with van der Waals surface area (Å²) in [6.45, 7) is 7.68. The summed E-state index contributed by atoms with van der Waals surface area (Å²) in [7, 11) is 0. The van der Waals surface area contributed by atoms with E-state index in [0.717, 1.165) is 43.4 Å². The average molecular weight is 365 g/mol. The molecule has 5 heteroatoms. The van der Waals surface area contributed by atoms with Gasteiger partial charge >= 0.3 is 0 Å². The number of rotatable bonds is 3. The second-order valence-corrected chi connectivity index (χ2v) is 8.14. The van der Waals surface area contributed by atoms with Crippen molar-refractivity contribution < 1.29 is 4.79 Å². The average Bonchev–Trinajstić information content (AvgIpc) is 2.97. The standard InChI is InChI=1S/C22H27N3O2/c1-15(2)9-10-24-12-16-7-8-18(24)14-25(13-16)22(27)19-11-17-5-3-4-6-20(17)23-21(19)26/h3-6,9,11,16,18H,7-8,10,12-14H2,1-2H3,(H,23,26)/t16-,18-/m0/s1. The number of amides is 1. The van der Waals surface area contributed by atoms with Gasteiger partial charge in [-0.25, -0.2) is 0 Å². The van der Waals surface area contributed by atoms with Crippen LogP contribution >= 0.6 is 0 Å². The lowest BCUT2D eigenvalue weighted by atomic mass is 9.95. The molecule has 1 aromatic carbocycles. The van der Waals surface area contributed by atoms with E-state index in [2.05, 4.69) is 29.8 Å². The van der Waals surface area contributed by atoms with Crippen LogP contribution in [0.3, 0.4) is 0 Å². The van der Waals surface area contributed by atoms with Crippen LogP contribution in [0, 0.1) is 5.92 Å². The van der Waals surface area contributed by atoms with Gasteiger partial charge < -0.3 is 9.88 Å². The number of fused-ring (bicyclic) bond motifs is 5. The Balaban J connectivity index is 1.59. The molecular formula is C22H27N3O2. The number of carbonyl (C=O) groups is 1. The van der Waals surface area contributed by atoms with Gasteiger partial charge in [0.05, 0.1) is 0 Å². The molecule has 2 atom stereocenters. The molecule has 0 spiro atoms. The van der Waals surface area contributed by atoms with Crippen molar-refractivity contribution in [2.75, 3.05) is 26.2 Å². The Morgan fingerprint density at radius 2 is 2.00 bits per heavy atom. The van der Waals surface area contributed by atoms with Gasteiger partial charge in [0, 0.05) is 37.7 Å². The molecule has 4 heterocycles. The van der Waals surface area contributed by atoms with E-state index in [1.807, 2.05) is 29.2 Å². The van der Waals surface area contributed by atoms with Gasteiger partial charge in [-0.3, -0.25) is 14.5 Å². The number of aromatic amines is 1. The Labute approximate surface area is 159 Å². The van der Waals surface area contributed by atoms with Crippen LogP contribution in [0.25, 0.3) is 10.9 Å². The maximum Gasteiger partial charge on any atom is 0.261 e. The lowest BCUT2D eigenvalue weighted by molar-refractivity contribution is 0.0739. The van der Waals surface area contributed by atoms with Gasteiger partial charge in [0.15, 0.2) is 0 Å². The molecule has 5 rings (SSSR count). The van der Waals surface area contributed by atoms with Crippen LogP contribution in [0.5, 0.6) is 0 Å². The largest absolute Gasteiger partial charge is 0.337 e. The molecule has 2 bridgehead atoms. The SMILES string of the molecule is CC(C)=CCN1C[C@@H]2CC[C@H]1CN(C(=O)c1cc3ccccc3[nH]c1=O)C2. The fraction of sp³-hybridized carbons (Fsp3) is 0.455. The normalized spacial score (nSPS) is 22.7. The third-order valence-electron chi connectivity index (χ3n) is 5.83. The summed E-state index contributed by atoms with van der Waals surface area (Å²) >= 11 is 0. The van der Waals surface area contributed by atoms with E-state index in [1.54, 1.807) is 6.07 Å². The third-order valence-corrected chi connectivity index (χ3v) is 5.83. The van der Waals surface area contributed by atoms with Crippen LogP contribution in [-0.4, -0.2) is 52.9 Å². The van der Waals surface area contributed by atoms with Crippen LogP contribution < -0.4 is 5.56 Å². The quantitative estimate of drug-likeness (QED) is 0.851. The summed E-state index contributed by atoms with van der Waals surface area (Å²) in [4.78, 5) is 32.9. The van der Waals surface area contributed by atoms with Crippen molar-refractivity contribution in [3.63, 3.8) is 0 Å². The maximum absolute atomic E-state index is 13.2. The molecule has 1 amide bonds. The molecule has 1 aromatic heterocycles. The van der Waals surface area contributed by atoms with Crippen LogP contribution in [0.4, 0.5) is 0 Å². The second-order valence-electron chi connectivity index (χ2n) is 8.14. The highest BCUT2D eigenvalue weighted by Crippen LogP contribution is 2.28. The number of piperidine rings is 1. The van der Waals surface area contributed by atoms with Gasteiger partial charge in [0.25, 0.3) is 11.5 Å². The zero-order chi connectivity index (χ0) is 19.0. The first-order valence-corrected chi connectivity index (χ1v) is 9.80. The Hall–Kier alpha value is -2.40. The number of hydrogen-bond donors (Lipinski definition) is 1. The molecule has 0 radical (unpaired) electrons. The molecule has 3 aliphatic heterocycles. The second kappa shape index (κ2) is 7.31. The molecule has 142 valence electrons. The van der Waals surface area contributed by atoms with Crippen molar-refractivity contribution in [1.29, 1.82) is 0 Å². The topological polar surface area (TPSA) is 56.4 Å². The molecule has 5 nitrogen and oxygen atoms in total. The summed E-state index contributed by atoms with van der Waals surface area (Å²) < 4.78 is 0. The Bertz CT molecular complexity index is 942. The Morgan fingerprint density at radius 3 is 2.81 bits per heavy atom. The van der Waals surface area contributed by atoms with Gasteiger partial charge in [-0.05, 0) is 50.1 Å². The van der Waals surface area contributed by atoms with Gasteiger partial charge in [0.2, 0.25) is 0 Å². The van der Waals surface area contributed by atoms with Crippen LogP contribution in [0.15, 0.2) is 46.8 Å². The number of nitrogens with one attached hydrogen (secondary N) is 1. The van der Waals surface area contributed by atoms with E-state index >= 15 is 0 Å². The minimum absolute atomic E-state index is 0.136. The molecule has 0 unspecified atom stereocenters. The van der Waals surface area contributed by atoms with E-state index in [0.29, 0.717) is 18.5 Å². The number of H-pyrrole nitrogens is 1. The van der Waals surface area contributed by atoms with Crippen LogP contribution in [0.1, 0.15) is 37.0 Å². The highest BCUT2D eigenvalue weighted by molar-refractivity contribution is 5.97. The third kappa shape index (κ3) is 3.69. The van der Waals surface area contributed by atoms with Gasteiger partial charge in [-0.15, -0.1) is 0 Å². The molecule has 3 saturated heterocycles. The number of aromatic nitrogens is 1. The van der Waals surface area contributed by atoms with Crippen molar-refractivity contribution in [3.8, 4) is 0 Å². The fourth-order valence-electron chi connectivity index (χ4n) is 4.34. The number of para-hydroxylation sites is 1. The van der Waals surface area contributed by atoms with Crippen LogP contribution in [-0.2, 0) is 0 Å². The Kier molecular flexibility index (Phi) is 4.87. The first-order chi connectivity index (χ1) is 13.0. The highest BCUT2D eigenvalue weighted by Gasteiger charge is 2.36. The summed E-state index contributed by atoms with van der Waals surface area (Å²) in [5.74, 6) is 0.348. The monoisotopic (exact) mass is 365 g/mol. The van der Waals surface area contributed by atoms with E-state index in [-0.39, 0.29) is 17.0 Å². The molecule has 27 heavy (non-hydrogen) atoms. The first kappa shape index (κ1) is 18.0. The zero-order valence-electron chi connectivity index (χ0n) is 16.1. The number of pyridine rings is 1. The van der Waals surface area contributed by atoms with Gasteiger partial charge in [-0.1, -0.05) is 29.8 Å². The molecule has 1 N–H and O–H groups in total. The minimum Gasteiger partial charge on any atom is -0.337 e. The van der Waals surface area contributed by atoms with Gasteiger partial charge in [0.1, 0.15) is 5.56 Å². The lowest BCUT2D eigenvalue weighted by Gasteiger charge is -2.35. The molecule has 3 fully saturated rings. The molecule has 0 saturated carbocycles. The summed E-state index contributed by atoms with van der Waals surface area (Å²) in [6.07, 6.45) is 4.55. The number of carbonyl (C=O) groups excluding carboxylic acids is 1. The van der Waals surface area contributed by atoms with Crippen molar-refractivity contribution in [2.24, 2.45) is 5.92 Å². The molecular weight excluding hydrogens is 338 g/mol. The highest BCUT2D eigenvalue weighted by atomic mass is 16.2.